The number of anilines is 1. The van der Waals surface area contributed by atoms with Crippen molar-refractivity contribution in [2.24, 2.45) is 4.99 Å². The number of alkyl halides is 5. The monoisotopic (exact) mass is 579 g/mol. The minimum absolute atomic E-state index is 0.171. The minimum Gasteiger partial charge on any atom is -0.391 e. The van der Waals surface area contributed by atoms with Crippen LogP contribution in [0.5, 0.6) is 0 Å². The molecule has 5 atom stereocenters. The summed E-state index contributed by atoms with van der Waals surface area (Å²) in [5, 5.41) is 14.3. The van der Waals surface area contributed by atoms with Crippen LogP contribution in [0, 0.1) is 0 Å². The van der Waals surface area contributed by atoms with Gasteiger partial charge in [0.2, 0.25) is 0 Å². The molecule has 39 heavy (non-hydrogen) atoms. The average Bonchev–Trinajstić information content (AvgIpc) is 3.29. The summed E-state index contributed by atoms with van der Waals surface area (Å²) >= 11 is 5.45. The molecule has 0 radical (unpaired) electrons. The standard InChI is InChI=1S/C25H34F5N5O3S/c1-6-18(25(28,29)30)34-19-10-16(22(26)27)17(11-31-19)21(39)20(24(38)35-9-7-8-12(35)2)32-14(4)23(37)33-13(3)15(5)36/h10-13,15,18,20,22,36H,6-9H2,1-5H3,(H,31,34)(H,33,37)/b32-14+/t12-,13-,15-,18-,20?/m0/s1. The fourth-order valence-corrected chi connectivity index (χ4v) is 4.33. The Balaban J connectivity index is 2.51. The van der Waals surface area contributed by atoms with Gasteiger partial charge in [-0.1, -0.05) is 19.1 Å². The van der Waals surface area contributed by atoms with Gasteiger partial charge in [-0.05, 0) is 53.0 Å². The topological polar surface area (TPSA) is 107 Å². The quantitative estimate of drug-likeness (QED) is 0.157. The highest BCUT2D eigenvalue weighted by Crippen LogP contribution is 2.30. The Hall–Kier alpha value is -2.74. The molecule has 0 bridgehead atoms. The molecule has 0 aromatic carbocycles. The first-order valence-electron chi connectivity index (χ1n) is 12.6. The number of thiocarbonyl (C=S) groups is 1. The van der Waals surface area contributed by atoms with Crippen LogP contribution < -0.4 is 10.6 Å². The molecule has 1 unspecified atom stereocenters. The molecule has 0 aliphatic carbocycles. The van der Waals surface area contributed by atoms with Gasteiger partial charge in [0.25, 0.3) is 18.2 Å². The number of hydrogen-bond donors (Lipinski definition) is 3. The van der Waals surface area contributed by atoms with Crippen molar-refractivity contribution < 1.29 is 36.6 Å². The van der Waals surface area contributed by atoms with E-state index in [2.05, 4.69) is 20.6 Å². The lowest BCUT2D eigenvalue weighted by Gasteiger charge is -2.27. The first-order valence-corrected chi connectivity index (χ1v) is 13.0. The van der Waals surface area contributed by atoms with Gasteiger partial charge in [-0.2, -0.15) is 13.2 Å². The molecule has 1 aromatic rings. The Morgan fingerprint density at radius 1 is 1.31 bits per heavy atom. The third-order valence-electron chi connectivity index (χ3n) is 6.61. The number of carbonyl (C=O) groups is 2. The van der Waals surface area contributed by atoms with Crippen molar-refractivity contribution in [3.63, 3.8) is 0 Å². The molecule has 218 valence electrons. The van der Waals surface area contributed by atoms with Gasteiger partial charge in [0.05, 0.1) is 22.7 Å². The van der Waals surface area contributed by atoms with Crippen LogP contribution >= 0.6 is 12.2 Å². The SMILES string of the molecule is CC[C@H](Nc1cc(C(F)F)c(C(=S)C(/N=C(\C)C(=O)N[C@@H](C)[C@H](C)O)C(=O)N2CCC[C@@H]2C)cn1)C(F)(F)F. The van der Waals surface area contributed by atoms with Gasteiger partial charge in [0, 0.05) is 29.9 Å². The molecule has 1 saturated heterocycles. The Morgan fingerprint density at radius 2 is 1.95 bits per heavy atom. The molecule has 1 fully saturated rings. The number of amides is 2. The van der Waals surface area contributed by atoms with Gasteiger partial charge in [-0.25, -0.2) is 13.8 Å². The molecule has 2 rings (SSSR count). The molecule has 2 heterocycles. The lowest BCUT2D eigenvalue weighted by molar-refractivity contribution is -0.143. The molecule has 1 aliphatic rings. The Kier molecular flexibility index (Phi) is 11.3. The van der Waals surface area contributed by atoms with E-state index in [1.807, 2.05) is 6.92 Å². The number of aliphatic hydroxyl groups excluding tert-OH is 1. The van der Waals surface area contributed by atoms with Crippen LogP contribution in [0.2, 0.25) is 0 Å². The van der Waals surface area contributed by atoms with Crippen LogP contribution in [0.4, 0.5) is 27.8 Å². The third-order valence-corrected chi connectivity index (χ3v) is 7.06. The average molecular weight is 580 g/mol. The summed E-state index contributed by atoms with van der Waals surface area (Å²) in [4.78, 5) is 35.4. The molecule has 1 aromatic heterocycles. The summed E-state index contributed by atoms with van der Waals surface area (Å²) in [5.41, 5.74) is -1.22. The smallest absolute Gasteiger partial charge is 0.391 e. The Morgan fingerprint density at radius 3 is 2.44 bits per heavy atom. The van der Waals surface area contributed by atoms with Crippen molar-refractivity contribution in [2.75, 3.05) is 11.9 Å². The van der Waals surface area contributed by atoms with Gasteiger partial charge in [0.15, 0.2) is 6.04 Å². The summed E-state index contributed by atoms with van der Waals surface area (Å²) in [7, 11) is 0. The van der Waals surface area contributed by atoms with Crippen molar-refractivity contribution >= 4 is 40.4 Å². The van der Waals surface area contributed by atoms with E-state index in [0.717, 1.165) is 12.3 Å². The largest absolute Gasteiger partial charge is 0.408 e. The Labute approximate surface area is 229 Å². The van der Waals surface area contributed by atoms with E-state index in [1.54, 1.807) is 6.92 Å². The summed E-state index contributed by atoms with van der Waals surface area (Å²) in [6.45, 7) is 7.85. The molecule has 8 nitrogen and oxygen atoms in total. The lowest BCUT2D eigenvalue weighted by atomic mass is 10.0. The predicted octanol–water partition coefficient (Wildman–Crippen LogP) is 4.22. The summed E-state index contributed by atoms with van der Waals surface area (Å²) in [5.74, 6) is -1.71. The number of pyridine rings is 1. The molecule has 1 aliphatic heterocycles. The second-order valence-corrected chi connectivity index (χ2v) is 10.1. The maximum Gasteiger partial charge on any atom is 0.408 e. The highest BCUT2D eigenvalue weighted by atomic mass is 32.1. The minimum atomic E-state index is -4.63. The lowest BCUT2D eigenvalue weighted by Crippen LogP contribution is -2.46. The van der Waals surface area contributed by atoms with Crippen LogP contribution in [0.1, 0.15) is 71.4 Å². The van der Waals surface area contributed by atoms with E-state index < -0.39 is 60.0 Å². The normalized spacial score (nSPS) is 19.4. The van der Waals surface area contributed by atoms with Crippen molar-refractivity contribution in [2.45, 2.75) is 96.8 Å². The van der Waals surface area contributed by atoms with E-state index in [9.17, 15) is 36.6 Å². The zero-order valence-electron chi connectivity index (χ0n) is 22.4. The summed E-state index contributed by atoms with van der Waals surface area (Å²) in [6.07, 6.45) is -6.70. The number of hydrogen-bond acceptors (Lipinski definition) is 7. The second-order valence-electron chi connectivity index (χ2n) is 9.61. The van der Waals surface area contributed by atoms with Gasteiger partial charge in [-0.3, -0.25) is 14.6 Å². The van der Waals surface area contributed by atoms with Crippen LogP contribution in [-0.4, -0.2) is 80.4 Å². The first kappa shape index (κ1) is 32.5. The number of nitrogens with zero attached hydrogens (tertiary/aromatic N) is 3. The number of nitrogens with one attached hydrogen (secondary N) is 2. The third kappa shape index (κ3) is 8.37. The van der Waals surface area contributed by atoms with Crippen LogP contribution in [0.15, 0.2) is 17.3 Å². The highest BCUT2D eigenvalue weighted by molar-refractivity contribution is 7.81. The molecule has 2 amide bonds. The maximum absolute atomic E-state index is 14.1. The number of likely N-dealkylation sites (tertiary alicyclic amines) is 1. The van der Waals surface area contributed by atoms with Gasteiger partial charge < -0.3 is 20.6 Å². The van der Waals surface area contributed by atoms with Gasteiger partial charge in [-0.15, -0.1) is 0 Å². The fraction of sp³-hybridized carbons (Fsp3) is 0.640. The van der Waals surface area contributed by atoms with E-state index >= 15 is 0 Å². The van der Waals surface area contributed by atoms with Crippen LogP contribution in [0.25, 0.3) is 0 Å². The first-order chi connectivity index (χ1) is 18.1. The molecule has 14 heteroatoms. The molecule has 3 N–H and O–H groups in total. The number of rotatable bonds is 11. The van der Waals surface area contributed by atoms with E-state index in [0.29, 0.717) is 19.4 Å². The van der Waals surface area contributed by atoms with Crippen LogP contribution in [0.3, 0.4) is 0 Å². The zero-order chi connectivity index (χ0) is 29.7. The second kappa shape index (κ2) is 13.6. The molecule has 0 saturated carbocycles. The van der Waals surface area contributed by atoms with Crippen molar-refractivity contribution in [3.05, 3.63) is 23.4 Å². The predicted molar refractivity (Wildman–Crippen MR) is 141 cm³/mol. The number of aliphatic imine (C=N–C) groups is 1. The van der Waals surface area contributed by atoms with E-state index in [4.69, 9.17) is 12.2 Å². The number of halogens is 5. The number of carbonyl (C=O) groups excluding carboxylic acids is 2. The fourth-order valence-electron chi connectivity index (χ4n) is 4.01. The molecular weight excluding hydrogens is 545 g/mol. The van der Waals surface area contributed by atoms with Gasteiger partial charge in [0.1, 0.15) is 11.9 Å². The van der Waals surface area contributed by atoms with E-state index in [1.165, 1.54) is 25.7 Å². The van der Waals surface area contributed by atoms with Gasteiger partial charge >= 0.3 is 6.18 Å². The summed E-state index contributed by atoms with van der Waals surface area (Å²) in [6, 6.07) is -3.58. The number of aliphatic hydroxyl groups is 1. The van der Waals surface area contributed by atoms with E-state index in [-0.39, 0.29) is 28.6 Å². The van der Waals surface area contributed by atoms with Crippen molar-refractivity contribution in [1.82, 2.24) is 15.2 Å². The molecular formula is C25H34F5N5O3S. The molecule has 0 spiro atoms. The zero-order valence-corrected chi connectivity index (χ0v) is 23.2. The number of aromatic nitrogens is 1. The van der Waals surface area contributed by atoms with Crippen LogP contribution in [-0.2, 0) is 9.59 Å². The highest BCUT2D eigenvalue weighted by Gasteiger charge is 2.39. The van der Waals surface area contributed by atoms with Crippen molar-refractivity contribution in [1.29, 1.82) is 0 Å². The summed E-state index contributed by atoms with van der Waals surface area (Å²) < 4.78 is 67.8. The Bertz CT molecular complexity index is 1080. The maximum atomic E-state index is 14.1. The van der Waals surface area contributed by atoms with Crippen molar-refractivity contribution in [3.8, 4) is 0 Å².